The lowest BCUT2D eigenvalue weighted by Crippen LogP contribution is -2.48. The van der Waals surface area contributed by atoms with Crippen LogP contribution in [-0.4, -0.2) is 38.1 Å². The van der Waals surface area contributed by atoms with E-state index in [4.69, 9.17) is 14.4 Å². The van der Waals surface area contributed by atoms with Gasteiger partial charge in [0, 0.05) is 38.6 Å². The summed E-state index contributed by atoms with van der Waals surface area (Å²) in [5.74, 6) is 1.50. The minimum atomic E-state index is -0.390. The molecule has 0 unspecified atom stereocenters. The van der Waals surface area contributed by atoms with Crippen LogP contribution in [0.4, 0.5) is 17.1 Å². The molecule has 0 bridgehead atoms. The van der Waals surface area contributed by atoms with Gasteiger partial charge < -0.3 is 35.2 Å². The number of ether oxygens (including phenoxy) is 2. The quantitative estimate of drug-likeness (QED) is 0.0301. The smallest absolute Gasteiger partial charge is 0.427 e. The van der Waals surface area contributed by atoms with Gasteiger partial charge in [-0.05, 0) is 70.9 Å². The van der Waals surface area contributed by atoms with Crippen molar-refractivity contribution in [3.63, 3.8) is 0 Å². The van der Waals surface area contributed by atoms with Crippen LogP contribution in [0.1, 0.15) is 148 Å². The zero-order valence-corrected chi connectivity index (χ0v) is 41.7. The van der Waals surface area contributed by atoms with Crippen molar-refractivity contribution in [1.29, 1.82) is 0 Å². The van der Waals surface area contributed by atoms with Crippen molar-refractivity contribution in [3.8, 4) is 11.5 Å². The molecule has 6 aromatic rings. The van der Waals surface area contributed by atoms with Crippen molar-refractivity contribution in [2.24, 2.45) is 4.90 Å². The van der Waals surface area contributed by atoms with E-state index in [-0.39, 0.29) is 25.5 Å². The number of hydrogen-bond donors (Lipinski definition) is 4. The molecule has 0 atom stereocenters. The number of nitrogens with zero attached hydrogens (tertiary/aromatic N) is 1. The van der Waals surface area contributed by atoms with Gasteiger partial charge in [-0.1, -0.05) is 202 Å². The molecular weight excluding hydrogens is 862 g/mol. The summed E-state index contributed by atoms with van der Waals surface area (Å²) >= 11 is 0. The molecule has 70 heavy (non-hydrogen) atoms. The van der Waals surface area contributed by atoms with Gasteiger partial charge in [-0.15, -0.1) is 0 Å². The van der Waals surface area contributed by atoms with Crippen molar-refractivity contribution in [2.45, 2.75) is 142 Å². The van der Waals surface area contributed by atoms with Crippen LogP contribution in [-0.2, 0) is 4.79 Å². The van der Waals surface area contributed by atoms with Crippen LogP contribution in [0.25, 0.3) is 32.7 Å². The first-order valence-electron chi connectivity index (χ1n) is 27.0. The molecule has 3 aliphatic rings. The van der Waals surface area contributed by atoms with Gasteiger partial charge >= 0.3 is 14.0 Å². The first-order valence-corrected chi connectivity index (χ1v) is 27.0. The third-order valence-electron chi connectivity index (χ3n) is 14.6. The summed E-state index contributed by atoms with van der Waals surface area (Å²) in [7, 11) is 0. The first kappa shape index (κ1) is 48.9. The molecule has 8 nitrogen and oxygen atoms in total. The largest absolute Gasteiger partial charge is 0.506 e. The molecule has 0 amide bonds. The Morgan fingerprint density at radius 2 is 1.00 bits per heavy atom. The number of aliphatic hydroxyl groups excluding tert-OH is 1. The molecule has 0 saturated carbocycles. The molecule has 10 heteroatoms. The van der Waals surface area contributed by atoms with Crippen molar-refractivity contribution >= 4 is 80.4 Å². The topological polar surface area (TPSA) is 104 Å². The van der Waals surface area contributed by atoms with E-state index in [9.17, 15) is 9.90 Å². The molecule has 2 aliphatic heterocycles. The van der Waals surface area contributed by atoms with Crippen molar-refractivity contribution in [1.82, 2.24) is 0 Å². The predicted molar refractivity (Wildman–Crippen MR) is 296 cm³/mol. The second kappa shape index (κ2) is 24.1. The number of aliphatic hydroxyl groups is 1. The lowest BCUT2D eigenvalue weighted by molar-refractivity contribution is -0.109. The monoisotopic (exact) mass is 935 g/mol. The summed E-state index contributed by atoms with van der Waals surface area (Å²) in [6.07, 6.45) is 26.0. The lowest BCUT2D eigenvalue weighted by Gasteiger charge is -2.31. The van der Waals surface area contributed by atoms with Crippen LogP contribution >= 0.6 is 0 Å². The average Bonchev–Trinajstić information content (AvgIpc) is 3.39. The molecular formula is C60H72B2N4O4. The summed E-state index contributed by atoms with van der Waals surface area (Å²) in [5.41, 5.74) is 6.03. The standard InChI is InChI=1S/C60H72B2N4O4/c1-3-5-7-9-11-13-15-17-19-21-41-69-47-35-31-45(32-36-47)61-63-51-27-23-25-43-29-39-49(57(65-61)53(43)51)55-59(67)56(60(55)68)50-40-30-44-26-24-28-52-54(44)58(50)66-62(64-52)46-33-37-48(38-34-46)70-42-22-20-18-16-14-12-10-8-6-4-2/h23-40,63-65,67H,3-22,41-42H2,1-2H3/b56-50-. The van der Waals surface area contributed by atoms with Gasteiger partial charge in [0.2, 0.25) is 5.78 Å². The van der Waals surface area contributed by atoms with E-state index in [2.05, 4.69) is 78.1 Å². The second-order valence-electron chi connectivity index (χ2n) is 19.8. The number of allylic oxidation sites excluding steroid dienone is 2. The minimum absolute atomic E-state index is 0.0128. The van der Waals surface area contributed by atoms with Gasteiger partial charge in [0.15, 0.2) is 0 Å². The number of nitrogens with one attached hydrogen (secondary N) is 3. The summed E-state index contributed by atoms with van der Waals surface area (Å²) < 4.78 is 12.3. The molecule has 0 saturated heterocycles. The van der Waals surface area contributed by atoms with E-state index >= 15 is 0 Å². The third-order valence-corrected chi connectivity index (χ3v) is 14.6. The fourth-order valence-corrected chi connectivity index (χ4v) is 10.6. The van der Waals surface area contributed by atoms with Crippen molar-refractivity contribution < 1.29 is 19.4 Å². The number of anilines is 3. The minimum Gasteiger partial charge on any atom is -0.506 e. The van der Waals surface area contributed by atoms with Gasteiger partial charge in [-0.3, -0.25) is 4.79 Å². The maximum atomic E-state index is 14.6. The normalized spacial score (nSPS) is 14.6. The number of unbranched alkanes of at least 4 members (excludes halogenated alkanes) is 18. The zero-order valence-electron chi connectivity index (χ0n) is 41.7. The van der Waals surface area contributed by atoms with E-state index in [0.717, 1.165) is 80.5 Å². The SMILES string of the molecule is CCCCCCCCCCCCOc1ccc(B2N=c3/c(=C4\C(=O)C(c5ccc6cccc7c6c5NB(c5ccc(OCCCCCCCCCCCC)cc5)N7)=C4O)ccc4cccc(c34)N2)cc1. The lowest BCUT2D eigenvalue weighted by atomic mass is 9.65. The molecule has 9 rings (SSSR count). The molecule has 0 fully saturated rings. The fraction of sp³-hybridized carbons (Fsp3) is 0.400. The number of carbonyl (C=O) groups excluding carboxylic acids is 1. The second-order valence-corrected chi connectivity index (χ2v) is 19.8. The maximum Gasteiger partial charge on any atom is 0.427 e. The Kier molecular flexibility index (Phi) is 16.8. The number of ketones is 1. The fourth-order valence-electron chi connectivity index (χ4n) is 10.6. The molecule has 2 heterocycles. The van der Waals surface area contributed by atoms with Gasteiger partial charge in [0.1, 0.15) is 17.3 Å². The molecule has 6 aromatic carbocycles. The van der Waals surface area contributed by atoms with Crippen molar-refractivity contribution in [2.75, 3.05) is 28.9 Å². The Balaban J connectivity index is 0.888. The predicted octanol–water partition coefficient (Wildman–Crippen LogP) is 13.0. The van der Waals surface area contributed by atoms with Crippen LogP contribution in [0.2, 0.25) is 0 Å². The van der Waals surface area contributed by atoms with Gasteiger partial charge in [-0.25, -0.2) is 0 Å². The number of carbonyl (C=O) groups is 1. The van der Waals surface area contributed by atoms with Gasteiger partial charge in [0.25, 0.3) is 0 Å². The number of benzene rings is 6. The van der Waals surface area contributed by atoms with E-state index in [1.807, 2.05) is 60.7 Å². The maximum absolute atomic E-state index is 14.6. The van der Waals surface area contributed by atoms with Crippen LogP contribution in [0.3, 0.4) is 0 Å². The van der Waals surface area contributed by atoms with E-state index < -0.39 is 0 Å². The van der Waals surface area contributed by atoms with E-state index in [1.54, 1.807) is 0 Å². The Morgan fingerprint density at radius 3 is 1.56 bits per heavy atom. The van der Waals surface area contributed by atoms with Crippen molar-refractivity contribution in [3.05, 3.63) is 131 Å². The summed E-state index contributed by atoms with van der Waals surface area (Å²) in [5, 5.41) is 28.4. The van der Waals surface area contributed by atoms with Crippen LogP contribution in [0, 0.1) is 0 Å². The molecule has 0 aromatic heterocycles. The number of Topliss-reactive ketones (excluding diaryl/α,β-unsaturated/α-hetero) is 1. The van der Waals surface area contributed by atoms with Gasteiger partial charge in [-0.2, -0.15) is 0 Å². The molecule has 1 aliphatic carbocycles. The molecule has 4 N–H and O–H groups in total. The van der Waals surface area contributed by atoms with E-state index in [1.165, 1.54) is 116 Å². The summed E-state index contributed by atoms with van der Waals surface area (Å²) in [6, 6.07) is 36.7. The van der Waals surface area contributed by atoms with Gasteiger partial charge in [0.05, 0.1) is 29.7 Å². The number of rotatable bonds is 27. The number of hydrogen-bond acceptors (Lipinski definition) is 8. The summed E-state index contributed by atoms with van der Waals surface area (Å²) in [4.78, 5) is 19.9. The zero-order chi connectivity index (χ0) is 48.1. The highest BCUT2D eigenvalue weighted by atomic mass is 16.5. The first-order chi connectivity index (χ1) is 34.5. The Bertz CT molecular complexity index is 2900. The van der Waals surface area contributed by atoms with E-state index in [0.29, 0.717) is 33.9 Å². The molecule has 362 valence electrons. The average molecular weight is 935 g/mol. The molecule has 0 radical (unpaired) electrons. The Hall–Kier alpha value is -6.15. The highest BCUT2D eigenvalue weighted by molar-refractivity contribution is 6.80. The van der Waals surface area contributed by atoms with Crippen LogP contribution in [0.5, 0.6) is 11.5 Å². The Labute approximate surface area is 416 Å². The Morgan fingerprint density at radius 1 is 0.500 bits per heavy atom. The molecule has 0 spiro atoms. The highest BCUT2D eigenvalue weighted by Gasteiger charge is 2.39. The third kappa shape index (κ3) is 11.4. The van der Waals surface area contributed by atoms with Crippen LogP contribution < -0.4 is 46.7 Å². The highest BCUT2D eigenvalue weighted by Crippen LogP contribution is 2.45. The summed E-state index contributed by atoms with van der Waals surface area (Å²) in [6.45, 7) is 5.31. The van der Waals surface area contributed by atoms with Crippen LogP contribution in [0.15, 0.2) is 120 Å².